The van der Waals surface area contributed by atoms with Crippen molar-refractivity contribution in [1.29, 1.82) is 0 Å². The van der Waals surface area contributed by atoms with Crippen LogP contribution < -0.4 is 4.90 Å². The molecule has 0 N–H and O–H groups in total. The molecule has 0 spiro atoms. The van der Waals surface area contributed by atoms with E-state index in [1.807, 2.05) is 6.07 Å². The van der Waals surface area contributed by atoms with Crippen LogP contribution in [0.25, 0.3) is 110 Å². The summed E-state index contributed by atoms with van der Waals surface area (Å²) in [7, 11) is 0. The highest BCUT2D eigenvalue weighted by atomic mass is 16.3. The predicted octanol–water partition coefficient (Wildman–Crippen LogP) is 17.9. The van der Waals surface area contributed by atoms with Crippen molar-refractivity contribution >= 4 is 82.5 Å². The molecule has 0 fully saturated rings. The van der Waals surface area contributed by atoms with E-state index < -0.39 is 0 Å². The van der Waals surface area contributed by atoms with Crippen molar-refractivity contribution in [2.75, 3.05) is 4.90 Å². The highest BCUT2D eigenvalue weighted by molar-refractivity contribution is 6.18. The van der Waals surface area contributed by atoms with E-state index >= 15 is 0 Å². The smallest absolute Gasteiger partial charge is 0.145 e. The zero-order valence-corrected chi connectivity index (χ0v) is 35.3. The number of nitrogens with zero attached hydrogens (tertiary/aromatic N) is 1. The minimum atomic E-state index is 0.843. The minimum absolute atomic E-state index is 0.843. The Balaban J connectivity index is 1.01. The van der Waals surface area contributed by atoms with Crippen LogP contribution in [0.5, 0.6) is 0 Å². The molecule has 65 heavy (non-hydrogen) atoms. The van der Waals surface area contributed by atoms with Crippen LogP contribution in [0, 0.1) is 0 Å². The second-order valence-corrected chi connectivity index (χ2v) is 16.8. The van der Waals surface area contributed by atoms with Crippen molar-refractivity contribution in [1.82, 2.24) is 0 Å². The summed E-state index contributed by atoms with van der Waals surface area (Å²) >= 11 is 0. The molecular weight excluding hydrogens is 791 g/mol. The van der Waals surface area contributed by atoms with Crippen molar-refractivity contribution in [3.8, 4) is 44.5 Å². The van der Waals surface area contributed by atoms with E-state index in [-0.39, 0.29) is 0 Å². The third-order valence-corrected chi connectivity index (χ3v) is 13.1. The topological polar surface area (TPSA) is 29.5 Å². The van der Waals surface area contributed by atoms with E-state index in [0.717, 1.165) is 99.9 Å². The van der Waals surface area contributed by atoms with Gasteiger partial charge >= 0.3 is 0 Å². The number of hydrogen-bond acceptors (Lipinski definition) is 3. The first-order valence-corrected chi connectivity index (χ1v) is 22.1. The summed E-state index contributed by atoms with van der Waals surface area (Å²) in [4.78, 5) is 2.38. The molecule has 0 unspecified atom stereocenters. The molecule has 2 heterocycles. The van der Waals surface area contributed by atoms with Gasteiger partial charge in [-0.05, 0) is 133 Å². The van der Waals surface area contributed by atoms with E-state index in [1.165, 1.54) is 27.1 Å². The van der Waals surface area contributed by atoms with Crippen LogP contribution in [-0.4, -0.2) is 0 Å². The summed E-state index contributed by atoms with van der Waals surface area (Å²) in [6.07, 6.45) is 0. The highest BCUT2D eigenvalue weighted by Gasteiger charge is 2.24. The van der Waals surface area contributed by atoms with Gasteiger partial charge in [0, 0.05) is 33.1 Å². The number of rotatable bonds is 7. The molecule has 3 heteroatoms. The van der Waals surface area contributed by atoms with E-state index in [9.17, 15) is 0 Å². The molecule has 0 atom stereocenters. The summed E-state index contributed by atoms with van der Waals surface area (Å²) in [5, 5.41) is 9.26. The van der Waals surface area contributed by atoms with Crippen LogP contribution in [0.1, 0.15) is 0 Å². The maximum absolute atomic E-state index is 7.02. The summed E-state index contributed by atoms with van der Waals surface area (Å²) in [6, 6.07) is 84.6. The van der Waals surface area contributed by atoms with Gasteiger partial charge in [-0.1, -0.05) is 164 Å². The molecule has 0 saturated carbocycles. The molecule has 0 saturated heterocycles. The number of hydrogen-bond donors (Lipinski definition) is 0. The summed E-state index contributed by atoms with van der Waals surface area (Å²) in [5.74, 6) is 0. The first kappa shape index (κ1) is 36.9. The van der Waals surface area contributed by atoms with Gasteiger partial charge in [-0.2, -0.15) is 0 Å². The molecule has 2 aromatic heterocycles. The number of fused-ring (bicyclic) bond motifs is 9. The second-order valence-electron chi connectivity index (χ2n) is 16.8. The van der Waals surface area contributed by atoms with E-state index in [1.54, 1.807) is 0 Å². The third-order valence-electron chi connectivity index (χ3n) is 13.1. The molecule has 11 aromatic carbocycles. The van der Waals surface area contributed by atoms with Gasteiger partial charge < -0.3 is 13.7 Å². The first-order valence-electron chi connectivity index (χ1n) is 22.1. The van der Waals surface area contributed by atoms with Crippen molar-refractivity contribution < 1.29 is 8.83 Å². The molecule has 0 aliphatic carbocycles. The third kappa shape index (κ3) is 6.28. The Labute approximate surface area is 375 Å². The molecule has 0 bridgehead atoms. The fraction of sp³-hybridized carbons (Fsp3) is 0. The molecule has 0 aliphatic heterocycles. The zero-order valence-electron chi connectivity index (χ0n) is 35.3. The van der Waals surface area contributed by atoms with Gasteiger partial charge in [-0.3, -0.25) is 0 Å². The largest absolute Gasteiger partial charge is 0.456 e. The van der Waals surface area contributed by atoms with Gasteiger partial charge in [0.25, 0.3) is 0 Å². The lowest BCUT2D eigenvalue weighted by atomic mass is 9.97. The number of anilines is 3. The van der Waals surface area contributed by atoms with Gasteiger partial charge in [0.2, 0.25) is 0 Å². The summed E-state index contributed by atoms with van der Waals surface area (Å²) < 4.78 is 13.6. The van der Waals surface area contributed by atoms with Crippen LogP contribution in [0.2, 0.25) is 0 Å². The molecular formula is C62H39NO2. The Bertz CT molecular complexity index is 3920. The maximum Gasteiger partial charge on any atom is 0.145 e. The molecule has 3 nitrogen and oxygen atoms in total. The van der Waals surface area contributed by atoms with Crippen LogP contribution in [0.4, 0.5) is 17.1 Å². The standard InChI is InChI=1S/C62H39NO2/c1-4-12-40(13-5-1)46-25-31-54-56-39-50(29-35-58(56)64-59(54)37-46)63(49-27-22-42(23-28-49)45-24-30-52-48(36-45)21-20-44-18-10-11-19-51(44)52)57-34-33-53(43-16-8-3-9-17-43)62-61(57)55-32-26-47(38-60(55)65-62)41-14-6-2-7-15-41/h1-39H. The lowest BCUT2D eigenvalue weighted by Gasteiger charge is -2.27. The average molecular weight is 830 g/mol. The van der Waals surface area contributed by atoms with Gasteiger partial charge in [0.15, 0.2) is 0 Å². The van der Waals surface area contributed by atoms with Crippen LogP contribution in [-0.2, 0) is 0 Å². The Hall–Kier alpha value is -8.66. The molecule has 0 aliphatic rings. The average Bonchev–Trinajstić information content (AvgIpc) is 3.95. The van der Waals surface area contributed by atoms with Crippen molar-refractivity contribution in [2.24, 2.45) is 0 Å². The highest BCUT2D eigenvalue weighted by Crippen LogP contribution is 2.48. The first-order chi connectivity index (χ1) is 32.2. The normalized spacial score (nSPS) is 11.7. The van der Waals surface area contributed by atoms with Crippen molar-refractivity contribution in [2.45, 2.75) is 0 Å². The lowest BCUT2D eigenvalue weighted by molar-refractivity contribution is 0.669. The Morgan fingerprint density at radius 3 is 1.54 bits per heavy atom. The lowest BCUT2D eigenvalue weighted by Crippen LogP contribution is -2.10. The van der Waals surface area contributed by atoms with Crippen LogP contribution >= 0.6 is 0 Å². The fourth-order valence-corrected chi connectivity index (χ4v) is 9.84. The van der Waals surface area contributed by atoms with Crippen molar-refractivity contribution in [3.63, 3.8) is 0 Å². The SMILES string of the molecule is c1ccc(-c2ccc3c(c2)oc2ccc(N(c4ccc(-c5ccc6c(ccc7ccccc76)c5)cc4)c4ccc(-c5ccccc5)c5oc6cc(-c7ccccc7)ccc6c45)cc23)cc1. The zero-order chi connectivity index (χ0) is 42.8. The molecule has 304 valence electrons. The predicted molar refractivity (Wildman–Crippen MR) is 272 cm³/mol. The number of benzene rings is 11. The summed E-state index contributed by atoms with van der Waals surface area (Å²) in [6.45, 7) is 0. The fourth-order valence-electron chi connectivity index (χ4n) is 9.84. The van der Waals surface area contributed by atoms with Crippen LogP contribution in [0.3, 0.4) is 0 Å². The maximum atomic E-state index is 7.02. The van der Waals surface area contributed by atoms with Gasteiger partial charge in [0.05, 0.1) is 11.1 Å². The van der Waals surface area contributed by atoms with Gasteiger partial charge in [-0.15, -0.1) is 0 Å². The van der Waals surface area contributed by atoms with E-state index in [2.05, 4.69) is 235 Å². The Morgan fingerprint density at radius 2 is 0.815 bits per heavy atom. The number of furan rings is 2. The van der Waals surface area contributed by atoms with Crippen molar-refractivity contribution in [3.05, 3.63) is 237 Å². The molecule has 13 aromatic rings. The minimum Gasteiger partial charge on any atom is -0.456 e. The monoisotopic (exact) mass is 829 g/mol. The molecule has 13 rings (SSSR count). The Kier molecular flexibility index (Phi) is 8.53. The van der Waals surface area contributed by atoms with Gasteiger partial charge in [0.1, 0.15) is 22.3 Å². The van der Waals surface area contributed by atoms with Gasteiger partial charge in [-0.25, -0.2) is 0 Å². The molecule has 0 amide bonds. The summed E-state index contributed by atoms with van der Waals surface area (Å²) in [5.41, 5.74) is 15.5. The second kappa shape index (κ2) is 15.0. The molecule has 0 radical (unpaired) electrons. The van der Waals surface area contributed by atoms with Crippen LogP contribution in [0.15, 0.2) is 245 Å². The van der Waals surface area contributed by atoms with E-state index in [0.29, 0.717) is 0 Å². The van der Waals surface area contributed by atoms with E-state index in [4.69, 9.17) is 8.83 Å². The Morgan fingerprint density at radius 1 is 0.277 bits per heavy atom. The quantitative estimate of drug-likeness (QED) is 0.150.